The summed E-state index contributed by atoms with van der Waals surface area (Å²) in [6.45, 7) is 6.29. The lowest BCUT2D eigenvalue weighted by Crippen LogP contribution is -2.29. The summed E-state index contributed by atoms with van der Waals surface area (Å²) in [5.41, 5.74) is 5.16. The van der Waals surface area contributed by atoms with Crippen molar-refractivity contribution in [2.24, 2.45) is 7.05 Å². The SMILES string of the molecule is Cc1nn(C)c2ccc(-c3cnc4ccc(N5CCCN(C)CC5)nn34)cc12. The Morgan fingerprint density at radius 3 is 2.71 bits per heavy atom. The van der Waals surface area contributed by atoms with Gasteiger partial charge in [-0.05, 0) is 51.2 Å². The molecule has 0 atom stereocenters. The van der Waals surface area contributed by atoms with Gasteiger partial charge in [0.25, 0.3) is 0 Å². The van der Waals surface area contributed by atoms with Crippen molar-refractivity contribution in [1.82, 2.24) is 29.3 Å². The van der Waals surface area contributed by atoms with Crippen LogP contribution in [0.4, 0.5) is 5.82 Å². The molecule has 0 bridgehead atoms. The number of nitrogens with zero attached hydrogens (tertiary/aromatic N) is 7. The number of anilines is 1. The minimum atomic E-state index is 0.869. The van der Waals surface area contributed by atoms with E-state index in [0.29, 0.717) is 0 Å². The zero-order valence-electron chi connectivity index (χ0n) is 16.6. The maximum Gasteiger partial charge on any atom is 0.154 e. The average molecular weight is 375 g/mol. The van der Waals surface area contributed by atoms with Gasteiger partial charge in [0, 0.05) is 37.6 Å². The van der Waals surface area contributed by atoms with E-state index >= 15 is 0 Å². The first kappa shape index (κ1) is 17.2. The smallest absolute Gasteiger partial charge is 0.154 e. The highest BCUT2D eigenvalue weighted by molar-refractivity contribution is 5.86. The van der Waals surface area contributed by atoms with Gasteiger partial charge in [-0.3, -0.25) is 4.68 Å². The van der Waals surface area contributed by atoms with Gasteiger partial charge in [0.1, 0.15) is 5.82 Å². The maximum atomic E-state index is 4.95. The normalized spacial score (nSPS) is 16.2. The van der Waals surface area contributed by atoms with Gasteiger partial charge in [-0.15, -0.1) is 5.10 Å². The van der Waals surface area contributed by atoms with Gasteiger partial charge in [0.15, 0.2) is 5.65 Å². The second kappa shape index (κ2) is 6.60. The number of benzene rings is 1. The average Bonchev–Trinajstić information content (AvgIpc) is 3.15. The first-order chi connectivity index (χ1) is 13.6. The molecule has 1 aliphatic rings. The molecule has 4 heterocycles. The molecule has 0 unspecified atom stereocenters. The van der Waals surface area contributed by atoms with E-state index in [1.165, 1.54) is 5.39 Å². The van der Waals surface area contributed by atoms with E-state index in [2.05, 4.69) is 57.3 Å². The number of aromatic nitrogens is 5. The molecule has 28 heavy (non-hydrogen) atoms. The first-order valence-electron chi connectivity index (χ1n) is 9.82. The molecule has 0 spiro atoms. The Labute approximate surface area is 164 Å². The molecule has 1 aliphatic heterocycles. The first-order valence-corrected chi connectivity index (χ1v) is 9.82. The van der Waals surface area contributed by atoms with Crippen LogP contribution in [0.15, 0.2) is 36.5 Å². The van der Waals surface area contributed by atoms with E-state index in [0.717, 1.165) is 66.5 Å². The Kier molecular flexibility index (Phi) is 4.05. The Hall–Kier alpha value is -2.93. The Morgan fingerprint density at radius 1 is 0.929 bits per heavy atom. The molecule has 0 amide bonds. The highest BCUT2D eigenvalue weighted by atomic mass is 15.3. The Bertz CT molecular complexity index is 1160. The third kappa shape index (κ3) is 2.82. The third-order valence-corrected chi connectivity index (χ3v) is 5.72. The van der Waals surface area contributed by atoms with Gasteiger partial charge in [-0.1, -0.05) is 6.07 Å². The molecule has 0 N–H and O–H groups in total. The van der Waals surface area contributed by atoms with Gasteiger partial charge in [-0.25, -0.2) is 9.50 Å². The van der Waals surface area contributed by atoms with Crippen molar-refractivity contribution in [2.45, 2.75) is 13.3 Å². The lowest BCUT2D eigenvalue weighted by molar-refractivity contribution is 0.360. The van der Waals surface area contributed by atoms with Gasteiger partial charge in [0.05, 0.1) is 23.1 Å². The summed E-state index contributed by atoms with van der Waals surface area (Å²) in [6, 6.07) is 10.6. The quantitative estimate of drug-likeness (QED) is 0.539. The van der Waals surface area contributed by atoms with Crippen LogP contribution in [0.1, 0.15) is 12.1 Å². The zero-order valence-corrected chi connectivity index (χ0v) is 16.6. The fourth-order valence-electron chi connectivity index (χ4n) is 4.10. The second-order valence-electron chi connectivity index (χ2n) is 7.69. The minimum Gasteiger partial charge on any atom is -0.354 e. The van der Waals surface area contributed by atoms with Gasteiger partial charge < -0.3 is 9.80 Å². The molecule has 4 aromatic rings. The van der Waals surface area contributed by atoms with Crippen LogP contribution in [-0.2, 0) is 7.05 Å². The molecule has 1 saturated heterocycles. The van der Waals surface area contributed by atoms with Crippen LogP contribution < -0.4 is 4.90 Å². The summed E-state index contributed by atoms with van der Waals surface area (Å²) in [5.74, 6) is 1.01. The van der Waals surface area contributed by atoms with Crippen LogP contribution in [0, 0.1) is 6.92 Å². The summed E-state index contributed by atoms with van der Waals surface area (Å²) < 4.78 is 3.90. The molecule has 5 rings (SSSR count). The van der Waals surface area contributed by atoms with Gasteiger partial charge in [0.2, 0.25) is 0 Å². The standard InChI is InChI=1S/C21H25N7/c1-15-17-13-16(5-6-18(17)26(3)23-15)19-14-22-20-7-8-21(24-28(19)20)27-10-4-9-25(2)11-12-27/h5-8,13-14H,4,9-12H2,1-3H3. The summed E-state index contributed by atoms with van der Waals surface area (Å²) >= 11 is 0. The second-order valence-corrected chi connectivity index (χ2v) is 7.69. The fraction of sp³-hybridized carbons (Fsp3) is 0.381. The number of imidazole rings is 1. The number of hydrogen-bond donors (Lipinski definition) is 0. The number of likely N-dealkylation sites (N-methyl/N-ethyl adjacent to an activating group) is 1. The number of hydrogen-bond acceptors (Lipinski definition) is 5. The van der Waals surface area contributed by atoms with E-state index in [1.54, 1.807) is 0 Å². The fourth-order valence-corrected chi connectivity index (χ4v) is 4.10. The summed E-state index contributed by atoms with van der Waals surface area (Å²) in [4.78, 5) is 9.33. The predicted octanol–water partition coefficient (Wildman–Crippen LogP) is 2.73. The molecule has 7 nitrogen and oxygen atoms in total. The van der Waals surface area contributed by atoms with E-state index < -0.39 is 0 Å². The van der Waals surface area contributed by atoms with E-state index in [1.807, 2.05) is 29.4 Å². The van der Waals surface area contributed by atoms with Crippen molar-refractivity contribution in [2.75, 3.05) is 38.1 Å². The van der Waals surface area contributed by atoms with Crippen LogP contribution in [0.3, 0.4) is 0 Å². The number of fused-ring (bicyclic) bond motifs is 2. The Balaban J connectivity index is 1.58. The lowest BCUT2D eigenvalue weighted by Gasteiger charge is -2.21. The van der Waals surface area contributed by atoms with Gasteiger partial charge >= 0.3 is 0 Å². The van der Waals surface area contributed by atoms with E-state index in [9.17, 15) is 0 Å². The zero-order chi connectivity index (χ0) is 19.3. The van der Waals surface area contributed by atoms with Crippen LogP contribution in [0.5, 0.6) is 0 Å². The molecular weight excluding hydrogens is 350 g/mol. The van der Waals surface area contributed by atoms with Crippen LogP contribution in [-0.4, -0.2) is 62.5 Å². The molecule has 3 aromatic heterocycles. The van der Waals surface area contributed by atoms with Crippen molar-refractivity contribution in [3.8, 4) is 11.3 Å². The molecule has 7 heteroatoms. The van der Waals surface area contributed by atoms with E-state index in [4.69, 9.17) is 5.10 Å². The third-order valence-electron chi connectivity index (χ3n) is 5.72. The van der Waals surface area contributed by atoms with Crippen LogP contribution >= 0.6 is 0 Å². The molecule has 0 aliphatic carbocycles. The highest BCUT2D eigenvalue weighted by Crippen LogP contribution is 2.27. The monoisotopic (exact) mass is 375 g/mol. The highest BCUT2D eigenvalue weighted by Gasteiger charge is 2.16. The number of rotatable bonds is 2. The van der Waals surface area contributed by atoms with Crippen molar-refractivity contribution in [3.63, 3.8) is 0 Å². The molecule has 0 saturated carbocycles. The van der Waals surface area contributed by atoms with Crippen molar-refractivity contribution in [1.29, 1.82) is 0 Å². The van der Waals surface area contributed by atoms with Crippen molar-refractivity contribution in [3.05, 3.63) is 42.2 Å². The van der Waals surface area contributed by atoms with Crippen molar-refractivity contribution < 1.29 is 0 Å². The van der Waals surface area contributed by atoms with E-state index in [-0.39, 0.29) is 0 Å². The molecule has 1 aromatic carbocycles. The molecule has 144 valence electrons. The maximum absolute atomic E-state index is 4.95. The van der Waals surface area contributed by atoms with Crippen molar-refractivity contribution >= 4 is 22.4 Å². The summed E-state index contributed by atoms with van der Waals surface area (Å²) in [5, 5.41) is 10.7. The minimum absolute atomic E-state index is 0.869. The van der Waals surface area contributed by atoms with Crippen LogP contribution in [0.25, 0.3) is 27.8 Å². The summed E-state index contributed by atoms with van der Waals surface area (Å²) in [6.07, 6.45) is 3.07. The number of aryl methyl sites for hydroxylation is 2. The Morgan fingerprint density at radius 2 is 1.82 bits per heavy atom. The van der Waals surface area contributed by atoms with Gasteiger partial charge in [-0.2, -0.15) is 5.10 Å². The molecule has 1 fully saturated rings. The predicted molar refractivity (Wildman–Crippen MR) is 112 cm³/mol. The van der Waals surface area contributed by atoms with Crippen LogP contribution in [0.2, 0.25) is 0 Å². The molecular formula is C21H25N7. The molecule has 0 radical (unpaired) electrons. The topological polar surface area (TPSA) is 54.5 Å². The largest absolute Gasteiger partial charge is 0.354 e. The lowest BCUT2D eigenvalue weighted by atomic mass is 10.1. The summed E-state index contributed by atoms with van der Waals surface area (Å²) in [7, 11) is 4.17.